The standard InChI is InChI=1S/C8H13N3O3S/c1-15(12,13)10-5-7-6-4-9-3-2-8(6)14-11-7/h9-10H,2-5H2,1H3. The Morgan fingerprint density at radius 1 is 1.60 bits per heavy atom. The first kappa shape index (κ1) is 10.6. The van der Waals surface area contributed by atoms with Crippen LogP contribution in [0.2, 0.25) is 0 Å². The van der Waals surface area contributed by atoms with Crippen molar-refractivity contribution in [2.45, 2.75) is 19.5 Å². The summed E-state index contributed by atoms with van der Waals surface area (Å²) in [6.45, 7) is 1.76. The Hall–Kier alpha value is -0.920. The van der Waals surface area contributed by atoms with Crippen LogP contribution in [0.3, 0.4) is 0 Å². The van der Waals surface area contributed by atoms with Crippen molar-refractivity contribution in [3.63, 3.8) is 0 Å². The highest BCUT2D eigenvalue weighted by Crippen LogP contribution is 2.17. The Bertz CT molecular complexity index is 452. The van der Waals surface area contributed by atoms with Crippen LogP contribution in [0.15, 0.2) is 4.52 Å². The van der Waals surface area contributed by atoms with E-state index in [1.165, 1.54) is 0 Å². The normalized spacial score (nSPS) is 16.3. The molecular formula is C8H13N3O3S. The molecular weight excluding hydrogens is 218 g/mol. The summed E-state index contributed by atoms with van der Waals surface area (Å²) in [4.78, 5) is 0. The molecule has 2 rings (SSSR count). The summed E-state index contributed by atoms with van der Waals surface area (Å²) in [5, 5.41) is 7.05. The fourth-order valence-electron chi connectivity index (χ4n) is 1.53. The maximum Gasteiger partial charge on any atom is 0.209 e. The highest BCUT2D eigenvalue weighted by molar-refractivity contribution is 7.88. The third-order valence-electron chi connectivity index (χ3n) is 2.28. The lowest BCUT2D eigenvalue weighted by Crippen LogP contribution is -2.26. The van der Waals surface area contributed by atoms with Crippen LogP contribution in [0, 0.1) is 0 Å². The van der Waals surface area contributed by atoms with Crippen LogP contribution in [0.1, 0.15) is 17.0 Å². The molecule has 15 heavy (non-hydrogen) atoms. The monoisotopic (exact) mass is 231 g/mol. The van der Waals surface area contributed by atoms with Gasteiger partial charge < -0.3 is 9.84 Å². The number of nitrogens with one attached hydrogen (secondary N) is 2. The van der Waals surface area contributed by atoms with E-state index >= 15 is 0 Å². The quantitative estimate of drug-likeness (QED) is 0.723. The zero-order valence-electron chi connectivity index (χ0n) is 8.41. The largest absolute Gasteiger partial charge is 0.361 e. The van der Waals surface area contributed by atoms with Gasteiger partial charge in [-0.25, -0.2) is 13.1 Å². The van der Waals surface area contributed by atoms with Gasteiger partial charge in [-0.2, -0.15) is 0 Å². The number of hydrogen-bond donors (Lipinski definition) is 2. The van der Waals surface area contributed by atoms with Gasteiger partial charge in [-0.1, -0.05) is 5.16 Å². The number of aromatic nitrogens is 1. The second-order valence-electron chi connectivity index (χ2n) is 3.55. The molecule has 1 aliphatic heterocycles. The maximum absolute atomic E-state index is 10.9. The van der Waals surface area contributed by atoms with Gasteiger partial charge in [0.2, 0.25) is 10.0 Å². The molecule has 0 saturated heterocycles. The lowest BCUT2D eigenvalue weighted by atomic mass is 10.1. The van der Waals surface area contributed by atoms with E-state index in [1.807, 2.05) is 0 Å². The minimum absolute atomic E-state index is 0.194. The summed E-state index contributed by atoms with van der Waals surface area (Å²) >= 11 is 0. The molecule has 1 aromatic rings. The summed E-state index contributed by atoms with van der Waals surface area (Å²) in [7, 11) is -3.18. The molecule has 0 atom stereocenters. The van der Waals surface area contributed by atoms with E-state index < -0.39 is 10.0 Å². The molecule has 0 saturated carbocycles. The summed E-state index contributed by atoms with van der Waals surface area (Å²) in [5.41, 5.74) is 1.65. The van der Waals surface area contributed by atoms with E-state index in [2.05, 4.69) is 15.2 Å². The van der Waals surface area contributed by atoms with Gasteiger partial charge in [0, 0.05) is 25.1 Å². The smallest absolute Gasteiger partial charge is 0.209 e. The Morgan fingerprint density at radius 3 is 3.13 bits per heavy atom. The third-order valence-corrected chi connectivity index (χ3v) is 2.95. The summed E-state index contributed by atoms with van der Waals surface area (Å²) < 4.78 is 29.3. The van der Waals surface area contributed by atoms with Gasteiger partial charge in [0.1, 0.15) is 11.5 Å². The van der Waals surface area contributed by atoms with Crippen LogP contribution in [0.5, 0.6) is 0 Å². The zero-order chi connectivity index (χ0) is 10.9. The Morgan fingerprint density at radius 2 is 2.40 bits per heavy atom. The summed E-state index contributed by atoms with van der Waals surface area (Å²) in [6.07, 6.45) is 1.93. The van der Waals surface area contributed by atoms with Crippen molar-refractivity contribution < 1.29 is 12.9 Å². The Kier molecular flexibility index (Phi) is 2.76. The number of nitrogens with zero attached hydrogens (tertiary/aromatic N) is 1. The molecule has 1 aliphatic rings. The van der Waals surface area contributed by atoms with E-state index in [4.69, 9.17) is 4.52 Å². The van der Waals surface area contributed by atoms with Crippen LogP contribution in [-0.4, -0.2) is 26.4 Å². The average Bonchev–Trinajstić information content (AvgIpc) is 2.57. The maximum atomic E-state index is 10.9. The van der Waals surface area contributed by atoms with E-state index in [0.717, 1.165) is 30.5 Å². The number of sulfonamides is 1. The van der Waals surface area contributed by atoms with Gasteiger partial charge in [-0.3, -0.25) is 0 Å². The molecule has 0 fully saturated rings. The second-order valence-corrected chi connectivity index (χ2v) is 5.38. The third kappa shape index (κ3) is 2.55. The molecule has 0 unspecified atom stereocenters. The van der Waals surface area contributed by atoms with Crippen molar-refractivity contribution in [1.29, 1.82) is 0 Å². The summed E-state index contributed by atoms with van der Waals surface area (Å²) in [6, 6.07) is 0. The van der Waals surface area contributed by atoms with Gasteiger partial charge in [0.25, 0.3) is 0 Å². The van der Waals surface area contributed by atoms with Crippen molar-refractivity contribution in [1.82, 2.24) is 15.2 Å². The lowest BCUT2D eigenvalue weighted by Gasteiger charge is -2.10. The van der Waals surface area contributed by atoms with Gasteiger partial charge in [-0.15, -0.1) is 0 Å². The predicted octanol–water partition coefficient (Wildman–Crippen LogP) is -0.630. The van der Waals surface area contributed by atoms with E-state index in [0.29, 0.717) is 12.2 Å². The molecule has 0 bridgehead atoms. The van der Waals surface area contributed by atoms with Crippen LogP contribution < -0.4 is 10.0 Å². The van der Waals surface area contributed by atoms with E-state index in [1.54, 1.807) is 0 Å². The van der Waals surface area contributed by atoms with Gasteiger partial charge >= 0.3 is 0 Å². The highest BCUT2D eigenvalue weighted by atomic mass is 32.2. The number of hydrogen-bond acceptors (Lipinski definition) is 5. The average molecular weight is 231 g/mol. The first-order chi connectivity index (χ1) is 7.06. The van der Waals surface area contributed by atoms with Crippen LogP contribution in [0.25, 0.3) is 0 Å². The topological polar surface area (TPSA) is 84.2 Å². The number of rotatable bonds is 3. The lowest BCUT2D eigenvalue weighted by molar-refractivity contribution is 0.368. The molecule has 0 aliphatic carbocycles. The molecule has 0 aromatic carbocycles. The van der Waals surface area contributed by atoms with Crippen LogP contribution >= 0.6 is 0 Å². The molecule has 0 amide bonds. The summed E-state index contributed by atoms with van der Waals surface area (Å²) in [5.74, 6) is 0.860. The van der Waals surface area contributed by atoms with Crippen LogP contribution in [0.4, 0.5) is 0 Å². The number of fused-ring (bicyclic) bond motifs is 1. The second kappa shape index (κ2) is 3.92. The molecule has 6 nitrogen and oxygen atoms in total. The molecule has 84 valence electrons. The van der Waals surface area contributed by atoms with Gasteiger partial charge in [0.05, 0.1) is 12.8 Å². The Labute approximate surface area is 88.1 Å². The highest BCUT2D eigenvalue weighted by Gasteiger charge is 2.19. The van der Waals surface area contributed by atoms with Crippen molar-refractivity contribution in [2.75, 3.05) is 12.8 Å². The first-order valence-electron chi connectivity index (χ1n) is 4.68. The Balaban J connectivity index is 2.12. The fourth-order valence-corrected chi connectivity index (χ4v) is 1.93. The fraction of sp³-hybridized carbons (Fsp3) is 0.625. The van der Waals surface area contributed by atoms with Crippen molar-refractivity contribution in [2.24, 2.45) is 0 Å². The molecule has 2 heterocycles. The molecule has 1 aromatic heterocycles. The van der Waals surface area contributed by atoms with Gasteiger partial charge in [-0.05, 0) is 0 Å². The minimum Gasteiger partial charge on any atom is -0.361 e. The van der Waals surface area contributed by atoms with E-state index in [9.17, 15) is 8.42 Å². The van der Waals surface area contributed by atoms with Crippen molar-refractivity contribution in [3.8, 4) is 0 Å². The van der Waals surface area contributed by atoms with Crippen LogP contribution in [-0.2, 0) is 29.5 Å². The SMILES string of the molecule is CS(=O)(=O)NCc1noc2c1CNCC2. The molecule has 0 radical (unpaired) electrons. The zero-order valence-corrected chi connectivity index (χ0v) is 9.23. The molecule has 2 N–H and O–H groups in total. The van der Waals surface area contributed by atoms with Crippen molar-refractivity contribution in [3.05, 3.63) is 17.0 Å². The molecule has 7 heteroatoms. The van der Waals surface area contributed by atoms with Gasteiger partial charge in [0.15, 0.2) is 0 Å². The van der Waals surface area contributed by atoms with Crippen molar-refractivity contribution >= 4 is 10.0 Å². The minimum atomic E-state index is -3.18. The molecule has 0 spiro atoms. The first-order valence-corrected chi connectivity index (χ1v) is 6.57. The van der Waals surface area contributed by atoms with E-state index in [-0.39, 0.29) is 6.54 Å². The predicted molar refractivity (Wildman–Crippen MR) is 53.6 cm³/mol.